The molecule has 0 aliphatic rings. The van der Waals surface area contributed by atoms with Gasteiger partial charge in [-0.3, -0.25) is 0 Å². The van der Waals surface area contributed by atoms with Crippen molar-refractivity contribution in [2.24, 2.45) is 0 Å². The first-order valence-electron chi connectivity index (χ1n) is 4.75. The van der Waals surface area contributed by atoms with Crippen LogP contribution in [0.4, 0.5) is 0 Å². The molecule has 0 bridgehead atoms. The van der Waals surface area contributed by atoms with Crippen molar-refractivity contribution in [3.8, 4) is 0 Å². The van der Waals surface area contributed by atoms with E-state index in [2.05, 4.69) is 43.8 Å². The zero-order valence-electron chi connectivity index (χ0n) is 8.16. The summed E-state index contributed by atoms with van der Waals surface area (Å²) < 4.78 is 0. The summed E-state index contributed by atoms with van der Waals surface area (Å²) in [5, 5.41) is 0. The number of allylic oxidation sites excluding steroid dienone is 3. The van der Waals surface area contributed by atoms with E-state index in [1.165, 1.54) is 17.6 Å². The van der Waals surface area contributed by atoms with E-state index in [0.717, 1.165) is 6.42 Å². The molecule has 13 heavy (non-hydrogen) atoms. The molecule has 0 saturated carbocycles. The molecular weight excluding hydrogens is 156 g/mol. The highest BCUT2D eigenvalue weighted by molar-refractivity contribution is 5.66. The van der Waals surface area contributed by atoms with E-state index in [-0.39, 0.29) is 0 Å². The summed E-state index contributed by atoms with van der Waals surface area (Å²) in [4.78, 5) is 0. The summed E-state index contributed by atoms with van der Waals surface area (Å²) in [7, 11) is 0. The Hall–Kier alpha value is -1.30. The number of benzene rings is 1. The fourth-order valence-corrected chi connectivity index (χ4v) is 1.39. The van der Waals surface area contributed by atoms with Crippen LogP contribution >= 0.6 is 0 Å². The van der Waals surface area contributed by atoms with Crippen LogP contribution in [-0.2, 0) is 0 Å². The molecule has 0 spiro atoms. The van der Waals surface area contributed by atoms with E-state index in [1.54, 1.807) is 0 Å². The molecule has 0 nitrogen and oxygen atoms in total. The van der Waals surface area contributed by atoms with E-state index in [0.29, 0.717) is 0 Å². The van der Waals surface area contributed by atoms with Crippen molar-refractivity contribution in [3.05, 3.63) is 54.6 Å². The smallest absolute Gasteiger partial charge is 0.0225 e. The molecule has 0 aliphatic carbocycles. The lowest BCUT2D eigenvalue weighted by atomic mass is 10.0. The lowest BCUT2D eigenvalue weighted by Crippen LogP contribution is -1.82. The maximum atomic E-state index is 3.73. The van der Waals surface area contributed by atoms with Crippen molar-refractivity contribution in [2.75, 3.05) is 0 Å². The Labute approximate surface area is 80.6 Å². The molecule has 1 aromatic rings. The topological polar surface area (TPSA) is 0 Å². The lowest BCUT2D eigenvalue weighted by molar-refractivity contribution is 0.973. The van der Waals surface area contributed by atoms with Crippen molar-refractivity contribution in [1.29, 1.82) is 0 Å². The summed E-state index contributed by atoms with van der Waals surface area (Å²) >= 11 is 0. The van der Waals surface area contributed by atoms with Crippen LogP contribution in [0.25, 0.3) is 5.57 Å². The molecule has 0 heteroatoms. The van der Waals surface area contributed by atoms with Gasteiger partial charge in [0, 0.05) is 0 Å². The molecule has 1 aromatic carbocycles. The van der Waals surface area contributed by atoms with Crippen molar-refractivity contribution in [1.82, 2.24) is 0 Å². The first-order chi connectivity index (χ1) is 6.38. The first kappa shape index (κ1) is 9.79. The second-order valence-electron chi connectivity index (χ2n) is 3.04. The summed E-state index contributed by atoms with van der Waals surface area (Å²) in [6, 6.07) is 10.5. The molecule has 0 saturated heterocycles. The van der Waals surface area contributed by atoms with Gasteiger partial charge in [-0.05, 0) is 17.6 Å². The predicted molar refractivity (Wildman–Crippen MR) is 59.5 cm³/mol. The minimum atomic E-state index is 1.12. The average molecular weight is 172 g/mol. The van der Waals surface area contributed by atoms with Crippen molar-refractivity contribution < 1.29 is 0 Å². The first-order valence-corrected chi connectivity index (χ1v) is 4.75. The maximum Gasteiger partial charge on any atom is -0.0225 e. The summed E-state index contributed by atoms with van der Waals surface area (Å²) in [6.07, 6.45) is 6.25. The molecular formula is C13H16. The van der Waals surface area contributed by atoms with E-state index >= 15 is 0 Å². The molecule has 0 N–H and O–H groups in total. The minimum Gasteiger partial charge on any atom is -0.0991 e. The van der Waals surface area contributed by atoms with E-state index in [1.807, 2.05) is 12.1 Å². The maximum absolute atomic E-state index is 3.73. The van der Waals surface area contributed by atoms with Crippen LogP contribution in [0, 0.1) is 0 Å². The molecule has 0 aromatic heterocycles. The van der Waals surface area contributed by atoms with Crippen LogP contribution in [0.15, 0.2) is 49.1 Å². The third-order valence-electron chi connectivity index (χ3n) is 1.98. The van der Waals surface area contributed by atoms with Gasteiger partial charge in [0.25, 0.3) is 0 Å². The lowest BCUT2D eigenvalue weighted by Gasteiger charge is -2.04. The molecule has 68 valence electrons. The van der Waals surface area contributed by atoms with Crippen LogP contribution in [0.5, 0.6) is 0 Å². The largest absolute Gasteiger partial charge is 0.0991 e. The number of rotatable bonds is 4. The molecule has 0 aliphatic heterocycles. The quantitative estimate of drug-likeness (QED) is 0.601. The van der Waals surface area contributed by atoms with Gasteiger partial charge >= 0.3 is 0 Å². The Morgan fingerprint density at radius 1 is 1.31 bits per heavy atom. The highest BCUT2D eigenvalue weighted by Crippen LogP contribution is 2.19. The Balaban J connectivity index is 2.89. The van der Waals surface area contributed by atoms with Gasteiger partial charge in [-0.1, -0.05) is 62.4 Å². The van der Waals surface area contributed by atoms with Crippen molar-refractivity contribution in [3.63, 3.8) is 0 Å². The van der Waals surface area contributed by atoms with Crippen LogP contribution < -0.4 is 0 Å². The minimum absolute atomic E-state index is 1.12. The van der Waals surface area contributed by atoms with Gasteiger partial charge in [-0.25, -0.2) is 0 Å². The SMILES string of the molecule is C=CC=C(CCC)c1ccccc1. The number of hydrogen-bond acceptors (Lipinski definition) is 0. The highest BCUT2D eigenvalue weighted by atomic mass is 14.0. The normalized spacial score (nSPS) is 11.3. The Bertz CT molecular complexity index is 280. The molecule has 0 radical (unpaired) electrons. The highest BCUT2D eigenvalue weighted by Gasteiger charge is 1.97. The molecule has 0 unspecified atom stereocenters. The van der Waals surface area contributed by atoms with Gasteiger partial charge in [0.05, 0.1) is 0 Å². The second kappa shape index (κ2) is 5.36. The standard InChI is InChI=1S/C13H16/c1-3-8-12(9-4-2)13-10-6-5-7-11-13/h3,5-8,10-11H,1,4,9H2,2H3. The van der Waals surface area contributed by atoms with Crippen LogP contribution in [0.2, 0.25) is 0 Å². The van der Waals surface area contributed by atoms with E-state index in [9.17, 15) is 0 Å². The zero-order chi connectivity index (χ0) is 9.52. The Morgan fingerprint density at radius 3 is 2.54 bits per heavy atom. The van der Waals surface area contributed by atoms with Gasteiger partial charge < -0.3 is 0 Å². The average Bonchev–Trinajstić information content (AvgIpc) is 2.19. The monoisotopic (exact) mass is 172 g/mol. The van der Waals surface area contributed by atoms with Crippen molar-refractivity contribution >= 4 is 5.57 Å². The van der Waals surface area contributed by atoms with Gasteiger partial charge in [0.1, 0.15) is 0 Å². The van der Waals surface area contributed by atoms with Gasteiger partial charge in [0.2, 0.25) is 0 Å². The molecule has 0 fully saturated rings. The zero-order valence-corrected chi connectivity index (χ0v) is 8.16. The third-order valence-corrected chi connectivity index (χ3v) is 1.98. The van der Waals surface area contributed by atoms with Crippen LogP contribution in [0.3, 0.4) is 0 Å². The molecule has 0 heterocycles. The molecule has 1 rings (SSSR count). The third kappa shape index (κ3) is 2.90. The summed E-state index contributed by atoms with van der Waals surface area (Å²) in [5.41, 5.74) is 2.68. The molecule has 0 atom stereocenters. The Kier molecular flexibility index (Phi) is 4.04. The fourth-order valence-electron chi connectivity index (χ4n) is 1.39. The predicted octanol–water partition coefficient (Wildman–Crippen LogP) is 4.06. The summed E-state index contributed by atoms with van der Waals surface area (Å²) in [6.45, 7) is 5.93. The van der Waals surface area contributed by atoms with Crippen LogP contribution in [0.1, 0.15) is 25.3 Å². The van der Waals surface area contributed by atoms with Gasteiger partial charge in [-0.15, -0.1) is 0 Å². The van der Waals surface area contributed by atoms with Crippen molar-refractivity contribution in [2.45, 2.75) is 19.8 Å². The van der Waals surface area contributed by atoms with Gasteiger partial charge in [-0.2, -0.15) is 0 Å². The number of hydrogen-bond donors (Lipinski definition) is 0. The van der Waals surface area contributed by atoms with Crippen LogP contribution in [-0.4, -0.2) is 0 Å². The van der Waals surface area contributed by atoms with E-state index < -0.39 is 0 Å². The summed E-state index contributed by atoms with van der Waals surface area (Å²) in [5.74, 6) is 0. The second-order valence-corrected chi connectivity index (χ2v) is 3.04. The Morgan fingerprint density at radius 2 is 2.00 bits per heavy atom. The van der Waals surface area contributed by atoms with Gasteiger partial charge in [0.15, 0.2) is 0 Å². The molecule has 0 amide bonds. The fraction of sp³-hybridized carbons (Fsp3) is 0.231. The van der Waals surface area contributed by atoms with E-state index in [4.69, 9.17) is 0 Å².